The number of benzene rings is 2. The van der Waals surface area contributed by atoms with Crippen LogP contribution in [0.25, 0.3) is 0 Å². The third kappa shape index (κ3) is 5.23. The molecule has 0 bridgehead atoms. The standard InChI is InChI=1S/C27H37NO6Si/c1-17(34-35(7,8)27(2,3)4)22-24(26(30)31)28(25(22)29)23(18-9-13-20(32-5)14-10-18)19-11-15-21(33-6)16-12-19/h9-17,22-24H,1-8H3,(H,30,31)/t17-,22-,24+/m1/s1. The maximum absolute atomic E-state index is 13.6. The molecule has 3 atom stereocenters. The Balaban J connectivity index is 2.00. The predicted octanol–water partition coefficient (Wildman–Crippen LogP) is 5.12. The van der Waals surface area contributed by atoms with Crippen LogP contribution in [0.15, 0.2) is 48.5 Å². The number of carboxylic acids is 1. The molecule has 0 radical (unpaired) electrons. The highest BCUT2D eigenvalue weighted by molar-refractivity contribution is 6.74. The van der Waals surface area contributed by atoms with Crippen molar-refractivity contribution in [3.05, 3.63) is 59.7 Å². The second-order valence-corrected chi connectivity index (χ2v) is 15.3. The van der Waals surface area contributed by atoms with Crippen LogP contribution in [-0.2, 0) is 14.0 Å². The number of carboxylic acid groups (broad SMARTS) is 1. The van der Waals surface area contributed by atoms with Crippen LogP contribution in [0.5, 0.6) is 11.5 Å². The first-order valence-corrected chi connectivity index (χ1v) is 14.7. The number of carbonyl (C=O) groups is 2. The number of rotatable bonds is 9. The van der Waals surface area contributed by atoms with Gasteiger partial charge in [0.15, 0.2) is 8.32 Å². The van der Waals surface area contributed by atoms with Gasteiger partial charge in [0.1, 0.15) is 17.5 Å². The minimum Gasteiger partial charge on any atom is -0.497 e. The smallest absolute Gasteiger partial charge is 0.327 e. The number of hydrogen-bond acceptors (Lipinski definition) is 5. The summed E-state index contributed by atoms with van der Waals surface area (Å²) < 4.78 is 17.0. The van der Waals surface area contributed by atoms with Gasteiger partial charge in [-0.2, -0.15) is 0 Å². The van der Waals surface area contributed by atoms with Crippen LogP contribution in [0.4, 0.5) is 0 Å². The number of nitrogens with zero attached hydrogens (tertiary/aromatic N) is 1. The van der Waals surface area contributed by atoms with Crippen LogP contribution < -0.4 is 9.47 Å². The van der Waals surface area contributed by atoms with Crippen LogP contribution in [0, 0.1) is 5.92 Å². The van der Waals surface area contributed by atoms with E-state index in [-0.39, 0.29) is 10.9 Å². The van der Waals surface area contributed by atoms with E-state index in [1.165, 1.54) is 4.90 Å². The van der Waals surface area contributed by atoms with Gasteiger partial charge in [0.2, 0.25) is 5.91 Å². The molecule has 0 aliphatic carbocycles. The molecule has 1 aliphatic heterocycles. The Hall–Kier alpha value is -2.84. The monoisotopic (exact) mass is 499 g/mol. The molecular formula is C27H37NO6Si. The Bertz CT molecular complexity index is 997. The lowest BCUT2D eigenvalue weighted by Gasteiger charge is -2.52. The van der Waals surface area contributed by atoms with Crippen molar-refractivity contribution in [2.75, 3.05) is 14.2 Å². The molecule has 1 saturated heterocycles. The maximum atomic E-state index is 13.6. The number of aliphatic carboxylic acids is 1. The summed E-state index contributed by atoms with van der Waals surface area (Å²) in [6.07, 6.45) is -0.506. The van der Waals surface area contributed by atoms with Gasteiger partial charge in [0, 0.05) is 0 Å². The minimum atomic E-state index is -2.20. The van der Waals surface area contributed by atoms with Gasteiger partial charge in [-0.1, -0.05) is 45.0 Å². The first kappa shape index (κ1) is 26.8. The molecule has 2 aromatic rings. The third-order valence-corrected chi connectivity index (χ3v) is 11.9. The summed E-state index contributed by atoms with van der Waals surface area (Å²) in [6.45, 7) is 12.4. The topological polar surface area (TPSA) is 85.3 Å². The van der Waals surface area contributed by atoms with Gasteiger partial charge < -0.3 is 23.9 Å². The third-order valence-electron chi connectivity index (χ3n) is 7.37. The molecule has 7 nitrogen and oxygen atoms in total. The van der Waals surface area contributed by atoms with E-state index in [0.29, 0.717) is 11.5 Å². The fourth-order valence-electron chi connectivity index (χ4n) is 4.35. The second-order valence-electron chi connectivity index (χ2n) is 10.6. The van der Waals surface area contributed by atoms with Crippen molar-refractivity contribution in [2.24, 2.45) is 5.92 Å². The van der Waals surface area contributed by atoms with Crippen molar-refractivity contribution in [3.8, 4) is 11.5 Å². The Kier molecular flexibility index (Phi) is 7.67. The summed E-state index contributed by atoms with van der Waals surface area (Å²) in [5, 5.41) is 10.2. The number of methoxy groups -OCH3 is 2. The molecule has 1 amide bonds. The van der Waals surface area contributed by atoms with Crippen LogP contribution in [0.2, 0.25) is 18.1 Å². The quantitative estimate of drug-likeness (QED) is 0.381. The molecule has 35 heavy (non-hydrogen) atoms. The van der Waals surface area contributed by atoms with Crippen molar-refractivity contribution in [3.63, 3.8) is 0 Å². The van der Waals surface area contributed by atoms with Crippen molar-refractivity contribution >= 4 is 20.2 Å². The Labute approximate surface area is 209 Å². The molecule has 1 aliphatic rings. The lowest BCUT2D eigenvalue weighted by molar-refractivity contribution is -0.180. The van der Waals surface area contributed by atoms with Gasteiger partial charge in [-0.05, 0) is 60.4 Å². The largest absolute Gasteiger partial charge is 0.497 e. The average Bonchev–Trinajstić information content (AvgIpc) is 2.79. The summed E-state index contributed by atoms with van der Waals surface area (Å²) in [4.78, 5) is 27.6. The lowest BCUT2D eigenvalue weighted by atomic mass is 9.79. The van der Waals surface area contributed by atoms with Crippen molar-refractivity contribution in [1.82, 2.24) is 4.90 Å². The van der Waals surface area contributed by atoms with Crippen LogP contribution >= 0.6 is 0 Å². The zero-order valence-electron chi connectivity index (χ0n) is 21.9. The van der Waals surface area contributed by atoms with Gasteiger partial charge in [0.25, 0.3) is 0 Å². The molecule has 0 aromatic heterocycles. The first-order valence-electron chi connectivity index (χ1n) is 11.8. The number of amides is 1. The van der Waals surface area contributed by atoms with Gasteiger partial charge in [-0.25, -0.2) is 4.79 Å². The molecule has 0 saturated carbocycles. The highest BCUT2D eigenvalue weighted by Gasteiger charge is 2.58. The molecule has 8 heteroatoms. The second kappa shape index (κ2) is 10.0. The predicted molar refractivity (Wildman–Crippen MR) is 137 cm³/mol. The SMILES string of the molecule is COc1ccc(C(c2ccc(OC)cc2)N2C(=O)[C@H]([C@@H](C)O[Si](C)(C)C(C)(C)C)[C@H]2C(=O)O)cc1. The molecule has 1 heterocycles. The van der Waals surface area contributed by atoms with Gasteiger partial charge in [0.05, 0.1) is 32.3 Å². The Morgan fingerprint density at radius 1 is 0.943 bits per heavy atom. The van der Waals surface area contributed by atoms with E-state index in [9.17, 15) is 14.7 Å². The normalized spacial score (nSPS) is 19.3. The summed E-state index contributed by atoms with van der Waals surface area (Å²) in [5.41, 5.74) is 1.60. The highest BCUT2D eigenvalue weighted by Crippen LogP contribution is 2.44. The Morgan fingerprint density at radius 2 is 1.37 bits per heavy atom. The molecule has 2 aromatic carbocycles. The maximum Gasteiger partial charge on any atom is 0.327 e. The summed E-state index contributed by atoms with van der Waals surface area (Å²) in [6, 6.07) is 13.1. The Morgan fingerprint density at radius 3 is 1.71 bits per heavy atom. The van der Waals surface area contributed by atoms with Crippen molar-refractivity contribution < 1.29 is 28.6 Å². The molecule has 1 fully saturated rings. The number of β-lactam (4-membered cyclic amide) rings is 1. The van der Waals surface area contributed by atoms with E-state index < -0.39 is 38.4 Å². The molecular weight excluding hydrogens is 462 g/mol. The summed E-state index contributed by atoms with van der Waals surface area (Å²) >= 11 is 0. The van der Waals surface area contributed by atoms with Crippen LogP contribution in [-0.4, -0.2) is 56.6 Å². The first-order chi connectivity index (χ1) is 16.3. The average molecular weight is 500 g/mol. The zero-order valence-corrected chi connectivity index (χ0v) is 22.9. The van der Waals surface area contributed by atoms with Crippen LogP contribution in [0.3, 0.4) is 0 Å². The minimum absolute atomic E-state index is 0.0544. The fraction of sp³-hybridized carbons (Fsp3) is 0.481. The van der Waals surface area contributed by atoms with Gasteiger partial charge >= 0.3 is 5.97 Å². The molecule has 0 unspecified atom stereocenters. The van der Waals surface area contributed by atoms with E-state index in [0.717, 1.165) is 11.1 Å². The van der Waals surface area contributed by atoms with E-state index >= 15 is 0 Å². The molecule has 190 valence electrons. The zero-order chi connectivity index (χ0) is 26.1. The van der Waals surface area contributed by atoms with E-state index in [4.69, 9.17) is 13.9 Å². The highest BCUT2D eigenvalue weighted by atomic mass is 28.4. The van der Waals surface area contributed by atoms with Crippen molar-refractivity contribution in [2.45, 2.75) is 64.0 Å². The molecule has 3 rings (SSSR count). The molecule has 0 spiro atoms. The van der Waals surface area contributed by atoms with Gasteiger partial charge in [-0.3, -0.25) is 4.79 Å². The fourth-order valence-corrected chi connectivity index (χ4v) is 5.78. The van der Waals surface area contributed by atoms with E-state index in [2.05, 4.69) is 33.9 Å². The number of ether oxygens (including phenoxy) is 2. The summed E-state index contributed by atoms with van der Waals surface area (Å²) in [5.74, 6) is -0.643. The van der Waals surface area contributed by atoms with Crippen LogP contribution in [0.1, 0.15) is 44.9 Å². The number of likely N-dealkylation sites (tertiary alicyclic amines) is 1. The lowest BCUT2D eigenvalue weighted by Crippen LogP contribution is -2.69. The van der Waals surface area contributed by atoms with E-state index in [1.807, 2.05) is 55.5 Å². The van der Waals surface area contributed by atoms with Crippen molar-refractivity contribution in [1.29, 1.82) is 0 Å². The number of carbonyl (C=O) groups excluding carboxylic acids is 1. The molecule has 1 N–H and O–H groups in total. The number of hydrogen-bond donors (Lipinski definition) is 1. The van der Waals surface area contributed by atoms with Gasteiger partial charge in [-0.15, -0.1) is 0 Å². The summed E-state index contributed by atoms with van der Waals surface area (Å²) in [7, 11) is 0.977. The van der Waals surface area contributed by atoms with E-state index in [1.54, 1.807) is 14.2 Å².